The molecule has 2 unspecified atom stereocenters. The minimum absolute atomic E-state index is 0.0120. The lowest BCUT2D eigenvalue weighted by Gasteiger charge is -2.31. The van der Waals surface area contributed by atoms with E-state index >= 15 is 0 Å². The third-order valence-electron chi connectivity index (χ3n) is 4.83. The van der Waals surface area contributed by atoms with Crippen molar-refractivity contribution in [1.29, 1.82) is 0 Å². The molecule has 0 bridgehead atoms. The highest BCUT2D eigenvalue weighted by atomic mass is 16.2. The zero-order valence-electron chi connectivity index (χ0n) is 15.9. The summed E-state index contributed by atoms with van der Waals surface area (Å²) in [5.41, 5.74) is 3.33. The fourth-order valence-corrected chi connectivity index (χ4v) is 3.25. The van der Waals surface area contributed by atoms with Crippen LogP contribution in [0, 0.1) is 0 Å². The highest BCUT2D eigenvalue weighted by Crippen LogP contribution is 2.26. The smallest absolute Gasteiger partial charge is 0.240 e. The summed E-state index contributed by atoms with van der Waals surface area (Å²) in [4.78, 5) is 14.9. The number of hydrogen-bond acceptors (Lipinski definition) is 2. The molecular formula is C24H26N2O. The van der Waals surface area contributed by atoms with E-state index in [2.05, 4.69) is 29.3 Å². The summed E-state index contributed by atoms with van der Waals surface area (Å²) in [6.45, 7) is 4.45. The molecule has 0 fully saturated rings. The maximum Gasteiger partial charge on any atom is 0.240 e. The minimum Gasteiger partial charge on any atom is -0.355 e. The van der Waals surface area contributed by atoms with Gasteiger partial charge in [0.2, 0.25) is 5.91 Å². The van der Waals surface area contributed by atoms with E-state index in [9.17, 15) is 4.79 Å². The summed E-state index contributed by atoms with van der Waals surface area (Å²) in [5, 5.41) is 3.12. The van der Waals surface area contributed by atoms with Crippen LogP contribution in [0.1, 0.15) is 37.1 Å². The summed E-state index contributed by atoms with van der Waals surface area (Å²) in [6.07, 6.45) is 0. The number of amides is 1. The highest BCUT2D eigenvalue weighted by molar-refractivity contribution is 5.82. The van der Waals surface area contributed by atoms with Gasteiger partial charge in [0.25, 0.3) is 0 Å². The molecule has 1 N–H and O–H groups in total. The van der Waals surface area contributed by atoms with Gasteiger partial charge in [-0.25, -0.2) is 0 Å². The van der Waals surface area contributed by atoms with Crippen molar-refractivity contribution in [3.05, 3.63) is 102 Å². The number of benzene rings is 3. The Morgan fingerprint density at radius 2 is 1.26 bits per heavy atom. The normalized spacial score (nSPS) is 12.8. The van der Waals surface area contributed by atoms with Gasteiger partial charge in [-0.2, -0.15) is 0 Å². The number of anilines is 1. The van der Waals surface area contributed by atoms with E-state index in [-0.39, 0.29) is 18.0 Å². The summed E-state index contributed by atoms with van der Waals surface area (Å²) >= 11 is 0. The Bertz CT molecular complexity index is 834. The maximum absolute atomic E-state index is 12.8. The average molecular weight is 358 g/mol. The first-order valence-electron chi connectivity index (χ1n) is 9.36. The number of nitrogens with one attached hydrogen (secondary N) is 1. The van der Waals surface area contributed by atoms with Crippen molar-refractivity contribution in [3.63, 3.8) is 0 Å². The third kappa shape index (κ3) is 4.98. The van der Waals surface area contributed by atoms with E-state index in [1.165, 1.54) is 5.56 Å². The zero-order chi connectivity index (χ0) is 19.1. The summed E-state index contributed by atoms with van der Waals surface area (Å²) in [5.74, 6) is 0.0120. The summed E-state index contributed by atoms with van der Waals surface area (Å²) in [6, 6.07) is 30.5. The van der Waals surface area contributed by atoms with Gasteiger partial charge < -0.3 is 10.2 Å². The van der Waals surface area contributed by atoms with Crippen LogP contribution in [0.25, 0.3) is 0 Å². The molecule has 2 atom stereocenters. The fraction of sp³-hybridized carbons (Fsp3) is 0.208. The van der Waals surface area contributed by atoms with Crippen LogP contribution in [0.4, 0.5) is 5.69 Å². The molecule has 3 rings (SSSR count). The molecule has 3 aromatic carbocycles. The molecule has 27 heavy (non-hydrogen) atoms. The van der Waals surface area contributed by atoms with Crippen LogP contribution in [0.3, 0.4) is 0 Å². The van der Waals surface area contributed by atoms with Crippen LogP contribution in [0.5, 0.6) is 0 Å². The largest absolute Gasteiger partial charge is 0.355 e. The van der Waals surface area contributed by atoms with Crippen molar-refractivity contribution >= 4 is 11.6 Å². The van der Waals surface area contributed by atoms with Crippen molar-refractivity contribution in [2.45, 2.75) is 25.9 Å². The number of carbonyl (C=O) groups excluding carboxylic acids is 1. The van der Waals surface area contributed by atoms with Crippen LogP contribution < -0.4 is 10.2 Å². The molecule has 0 saturated carbocycles. The van der Waals surface area contributed by atoms with Crippen LogP contribution in [0.2, 0.25) is 0 Å². The lowest BCUT2D eigenvalue weighted by molar-refractivity contribution is -0.120. The first kappa shape index (κ1) is 18.7. The molecule has 0 aliphatic rings. The van der Waals surface area contributed by atoms with E-state index in [0.717, 1.165) is 11.3 Å². The van der Waals surface area contributed by atoms with Crippen LogP contribution >= 0.6 is 0 Å². The molecular weight excluding hydrogens is 332 g/mol. The molecule has 0 radical (unpaired) electrons. The Labute approximate surface area is 161 Å². The summed E-state index contributed by atoms with van der Waals surface area (Å²) < 4.78 is 0. The van der Waals surface area contributed by atoms with Crippen molar-refractivity contribution in [2.24, 2.45) is 0 Å². The molecule has 0 heterocycles. The molecule has 138 valence electrons. The lowest BCUT2D eigenvalue weighted by atomic mass is 10.1. The Morgan fingerprint density at radius 1 is 0.778 bits per heavy atom. The maximum atomic E-state index is 12.8. The lowest BCUT2D eigenvalue weighted by Crippen LogP contribution is -2.39. The van der Waals surface area contributed by atoms with E-state index in [4.69, 9.17) is 0 Å². The Morgan fingerprint density at radius 3 is 1.81 bits per heavy atom. The first-order chi connectivity index (χ1) is 13.1. The SMILES string of the molecule is CC(NC(=O)CN(c1ccccc1)C(C)c1ccccc1)c1ccccc1. The topological polar surface area (TPSA) is 32.3 Å². The average Bonchev–Trinajstić information content (AvgIpc) is 2.73. The van der Waals surface area contributed by atoms with Gasteiger partial charge in [-0.05, 0) is 37.1 Å². The number of nitrogens with zero attached hydrogens (tertiary/aromatic N) is 1. The van der Waals surface area contributed by atoms with E-state index in [0.29, 0.717) is 6.54 Å². The van der Waals surface area contributed by atoms with Crippen molar-refractivity contribution in [1.82, 2.24) is 5.32 Å². The Balaban J connectivity index is 1.76. The second kappa shape index (κ2) is 9.04. The first-order valence-corrected chi connectivity index (χ1v) is 9.36. The molecule has 0 spiro atoms. The molecule has 0 aliphatic carbocycles. The van der Waals surface area contributed by atoms with E-state index < -0.39 is 0 Å². The summed E-state index contributed by atoms with van der Waals surface area (Å²) in [7, 11) is 0. The van der Waals surface area contributed by atoms with Crippen molar-refractivity contribution in [3.8, 4) is 0 Å². The molecule has 3 aromatic rings. The van der Waals surface area contributed by atoms with Gasteiger partial charge >= 0.3 is 0 Å². The number of hydrogen-bond donors (Lipinski definition) is 1. The molecule has 0 aromatic heterocycles. The van der Waals surface area contributed by atoms with Gasteiger partial charge in [0.05, 0.1) is 18.6 Å². The zero-order valence-corrected chi connectivity index (χ0v) is 15.9. The standard InChI is InChI=1S/C24H26N2O/c1-19(21-12-6-3-7-13-21)25-24(27)18-26(23-16-10-5-11-17-23)20(2)22-14-8-4-9-15-22/h3-17,19-20H,18H2,1-2H3,(H,25,27). The van der Waals surface area contributed by atoms with Gasteiger partial charge in [0.15, 0.2) is 0 Å². The van der Waals surface area contributed by atoms with Gasteiger partial charge in [-0.1, -0.05) is 78.9 Å². The van der Waals surface area contributed by atoms with Gasteiger partial charge in [-0.15, -0.1) is 0 Å². The number of para-hydroxylation sites is 1. The third-order valence-corrected chi connectivity index (χ3v) is 4.83. The van der Waals surface area contributed by atoms with Crippen molar-refractivity contribution < 1.29 is 4.79 Å². The van der Waals surface area contributed by atoms with Crippen LogP contribution in [-0.4, -0.2) is 12.5 Å². The second-order valence-electron chi connectivity index (χ2n) is 6.75. The van der Waals surface area contributed by atoms with Crippen LogP contribution in [-0.2, 0) is 4.79 Å². The number of rotatable bonds is 7. The van der Waals surface area contributed by atoms with Gasteiger partial charge in [0, 0.05) is 5.69 Å². The van der Waals surface area contributed by atoms with Crippen molar-refractivity contribution in [2.75, 3.05) is 11.4 Å². The highest BCUT2D eigenvalue weighted by Gasteiger charge is 2.20. The predicted octanol–water partition coefficient (Wildman–Crippen LogP) is 5.13. The monoisotopic (exact) mass is 358 g/mol. The molecule has 0 saturated heterocycles. The predicted molar refractivity (Wildman–Crippen MR) is 112 cm³/mol. The molecule has 1 amide bonds. The van der Waals surface area contributed by atoms with Crippen LogP contribution in [0.15, 0.2) is 91.0 Å². The second-order valence-corrected chi connectivity index (χ2v) is 6.75. The quantitative estimate of drug-likeness (QED) is 0.635. The van der Waals surface area contributed by atoms with E-state index in [1.54, 1.807) is 0 Å². The molecule has 0 aliphatic heterocycles. The van der Waals surface area contributed by atoms with E-state index in [1.807, 2.05) is 85.8 Å². The van der Waals surface area contributed by atoms with Gasteiger partial charge in [0.1, 0.15) is 0 Å². The Kier molecular flexibility index (Phi) is 6.26. The molecule has 3 heteroatoms. The molecule has 3 nitrogen and oxygen atoms in total. The fourth-order valence-electron chi connectivity index (χ4n) is 3.25. The number of carbonyl (C=O) groups is 1. The van der Waals surface area contributed by atoms with Gasteiger partial charge in [-0.3, -0.25) is 4.79 Å². The Hall–Kier alpha value is -3.07. The minimum atomic E-state index is -0.0247.